The zero-order valence-electron chi connectivity index (χ0n) is 11.3. The fourth-order valence-electron chi connectivity index (χ4n) is 1.91. The lowest BCUT2D eigenvalue weighted by molar-refractivity contribution is 0.270. The van der Waals surface area contributed by atoms with E-state index in [9.17, 15) is 0 Å². The maximum atomic E-state index is 6.03. The molecule has 1 unspecified atom stereocenters. The van der Waals surface area contributed by atoms with Crippen LogP contribution in [0.3, 0.4) is 0 Å². The van der Waals surface area contributed by atoms with E-state index in [-0.39, 0.29) is 6.04 Å². The summed E-state index contributed by atoms with van der Waals surface area (Å²) in [4.78, 5) is 0. The Labute approximate surface area is 129 Å². The molecule has 0 amide bonds. The minimum atomic E-state index is 0.215. The van der Waals surface area contributed by atoms with E-state index in [1.807, 2.05) is 55.6 Å². The van der Waals surface area contributed by atoms with Gasteiger partial charge in [0.2, 0.25) is 0 Å². The first kappa shape index (κ1) is 15.2. The van der Waals surface area contributed by atoms with Gasteiger partial charge in [-0.1, -0.05) is 47.5 Å². The number of benzene rings is 2. The molecule has 0 radical (unpaired) electrons. The zero-order chi connectivity index (χ0) is 14.4. The molecule has 2 aromatic rings. The Bertz CT molecular complexity index is 545. The van der Waals surface area contributed by atoms with Crippen LogP contribution in [0.2, 0.25) is 10.0 Å². The van der Waals surface area contributed by atoms with Crippen LogP contribution < -0.4 is 10.1 Å². The molecule has 0 aliphatic rings. The topological polar surface area (TPSA) is 21.3 Å². The normalized spacial score (nSPS) is 12.2. The maximum absolute atomic E-state index is 6.03. The summed E-state index contributed by atoms with van der Waals surface area (Å²) in [5.41, 5.74) is 1.13. The number of hydrogen-bond acceptors (Lipinski definition) is 2. The van der Waals surface area contributed by atoms with Gasteiger partial charge in [0.1, 0.15) is 12.4 Å². The Balaban J connectivity index is 1.93. The third kappa shape index (κ3) is 4.41. The molecular weight excluding hydrogens is 293 g/mol. The number of halogens is 2. The first-order valence-corrected chi connectivity index (χ1v) is 7.23. The lowest BCUT2D eigenvalue weighted by Gasteiger charge is -2.17. The lowest BCUT2D eigenvalue weighted by Crippen LogP contribution is -2.33. The molecule has 2 rings (SSSR count). The fraction of sp³-hybridized carbons (Fsp3) is 0.250. The Morgan fingerprint density at radius 3 is 2.45 bits per heavy atom. The molecule has 0 bridgehead atoms. The van der Waals surface area contributed by atoms with Crippen LogP contribution in [0, 0.1) is 0 Å². The molecule has 0 aliphatic carbocycles. The lowest BCUT2D eigenvalue weighted by atomic mass is 10.1. The van der Waals surface area contributed by atoms with E-state index in [1.54, 1.807) is 0 Å². The first-order chi connectivity index (χ1) is 9.69. The van der Waals surface area contributed by atoms with E-state index >= 15 is 0 Å². The third-order valence-corrected chi connectivity index (χ3v) is 3.81. The molecule has 2 nitrogen and oxygen atoms in total. The highest BCUT2D eigenvalue weighted by Crippen LogP contribution is 2.23. The van der Waals surface area contributed by atoms with Crippen LogP contribution >= 0.6 is 23.2 Å². The highest BCUT2D eigenvalue weighted by Gasteiger charge is 2.09. The SMILES string of the molecule is CNC(COc1ccccc1)Cc1ccc(Cl)c(Cl)c1. The van der Waals surface area contributed by atoms with Gasteiger partial charge in [-0.2, -0.15) is 0 Å². The fourth-order valence-corrected chi connectivity index (χ4v) is 2.23. The summed E-state index contributed by atoms with van der Waals surface area (Å²) in [6, 6.07) is 15.7. The van der Waals surface area contributed by atoms with Gasteiger partial charge in [-0.3, -0.25) is 0 Å². The van der Waals surface area contributed by atoms with E-state index in [1.165, 1.54) is 0 Å². The van der Waals surface area contributed by atoms with Crippen molar-refractivity contribution in [3.63, 3.8) is 0 Å². The van der Waals surface area contributed by atoms with Crippen molar-refractivity contribution in [3.8, 4) is 5.75 Å². The van der Waals surface area contributed by atoms with Crippen molar-refractivity contribution in [2.24, 2.45) is 0 Å². The summed E-state index contributed by atoms with van der Waals surface area (Å²) in [6.07, 6.45) is 0.834. The van der Waals surface area contributed by atoms with Crippen molar-refractivity contribution in [1.29, 1.82) is 0 Å². The molecule has 0 saturated heterocycles. The van der Waals surface area contributed by atoms with E-state index < -0.39 is 0 Å². The van der Waals surface area contributed by atoms with E-state index in [4.69, 9.17) is 27.9 Å². The minimum Gasteiger partial charge on any atom is -0.492 e. The summed E-state index contributed by atoms with van der Waals surface area (Å²) in [7, 11) is 1.93. The average molecular weight is 310 g/mol. The quantitative estimate of drug-likeness (QED) is 0.863. The molecule has 0 aromatic heterocycles. The molecule has 106 valence electrons. The number of para-hydroxylation sites is 1. The van der Waals surface area contributed by atoms with Crippen molar-refractivity contribution < 1.29 is 4.74 Å². The van der Waals surface area contributed by atoms with Crippen LogP contribution in [0.4, 0.5) is 0 Å². The van der Waals surface area contributed by atoms with Crippen LogP contribution in [-0.2, 0) is 6.42 Å². The van der Waals surface area contributed by atoms with Crippen molar-refractivity contribution >= 4 is 23.2 Å². The number of nitrogens with one attached hydrogen (secondary N) is 1. The van der Waals surface area contributed by atoms with Crippen molar-refractivity contribution in [1.82, 2.24) is 5.32 Å². The maximum Gasteiger partial charge on any atom is 0.119 e. The molecule has 0 heterocycles. The van der Waals surface area contributed by atoms with Crippen molar-refractivity contribution in [2.45, 2.75) is 12.5 Å². The average Bonchev–Trinajstić information content (AvgIpc) is 2.48. The van der Waals surface area contributed by atoms with Crippen molar-refractivity contribution in [2.75, 3.05) is 13.7 Å². The summed E-state index contributed by atoms with van der Waals surface area (Å²) in [5.74, 6) is 0.877. The number of ether oxygens (including phenoxy) is 1. The Hall–Kier alpha value is -1.22. The largest absolute Gasteiger partial charge is 0.492 e. The van der Waals surface area contributed by atoms with Crippen LogP contribution in [0.15, 0.2) is 48.5 Å². The van der Waals surface area contributed by atoms with Crippen LogP contribution in [0.25, 0.3) is 0 Å². The van der Waals surface area contributed by atoms with Gasteiger partial charge in [-0.15, -0.1) is 0 Å². The standard InChI is InChI=1S/C16H17Cl2NO/c1-19-13(11-20-14-5-3-2-4-6-14)9-12-7-8-15(17)16(18)10-12/h2-8,10,13,19H,9,11H2,1H3. The second-order valence-corrected chi connectivity index (χ2v) is 5.38. The number of likely N-dealkylation sites (N-methyl/N-ethyl adjacent to an activating group) is 1. The highest BCUT2D eigenvalue weighted by molar-refractivity contribution is 6.42. The van der Waals surface area contributed by atoms with E-state index in [2.05, 4.69) is 5.32 Å². The summed E-state index contributed by atoms with van der Waals surface area (Å²) in [5, 5.41) is 4.42. The molecule has 1 atom stereocenters. The molecular formula is C16H17Cl2NO. The van der Waals surface area contributed by atoms with Crippen LogP contribution in [0.5, 0.6) is 5.75 Å². The Kier molecular flexibility index (Phi) is 5.72. The second kappa shape index (κ2) is 7.53. The second-order valence-electron chi connectivity index (χ2n) is 4.56. The Morgan fingerprint density at radius 1 is 1.05 bits per heavy atom. The molecule has 2 aromatic carbocycles. The van der Waals surface area contributed by atoms with Gasteiger partial charge in [-0.25, -0.2) is 0 Å². The van der Waals surface area contributed by atoms with Gasteiger partial charge < -0.3 is 10.1 Å². The predicted octanol–water partition coefficient (Wildman–Crippen LogP) is 4.20. The van der Waals surface area contributed by atoms with Gasteiger partial charge in [0.05, 0.1) is 10.0 Å². The van der Waals surface area contributed by atoms with Gasteiger partial charge in [0.15, 0.2) is 0 Å². The molecule has 20 heavy (non-hydrogen) atoms. The predicted molar refractivity (Wildman–Crippen MR) is 85.0 cm³/mol. The molecule has 1 N–H and O–H groups in total. The third-order valence-electron chi connectivity index (χ3n) is 3.07. The van der Waals surface area contributed by atoms with Gasteiger partial charge >= 0.3 is 0 Å². The number of hydrogen-bond donors (Lipinski definition) is 1. The highest BCUT2D eigenvalue weighted by atomic mass is 35.5. The summed E-state index contributed by atoms with van der Waals surface area (Å²) >= 11 is 11.9. The van der Waals surface area contributed by atoms with Gasteiger partial charge in [0.25, 0.3) is 0 Å². The summed E-state index contributed by atoms with van der Waals surface area (Å²) < 4.78 is 5.76. The zero-order valence-corrected chi connectivity index (χ0v) is 12.8. The van der Waals surface area contributed by atoms with E-state index in [0.717, 1.165) is 17.7 Å². The van der Waals surface area contributed by atoms with Crippen LogP contribution in [-0.4, -0.2) is 19.7 Å². The molecule has 4 heteroatoms. The molecule has 0 aliphatic heterocycles. The molecule has 0 fully saturated rings. The minimum absolute atomic E-state index is 0.215. The van der Waals surface area contributed by atoms with Crippen LogP contribution in [0.1, 0.15) is 5.56 Å². The molecule has 0 saturated carbocycles. The number of rotatable bonds is 6. The van der Waals surface area contributed by atoms with E-state index in [0.29, 0.717) is 16.7 Å². The first-order valence-electron chi connectivity index (χ1n) is 6.48. The Morgan fingerprint density at radius 2 is 1.80 bits per heavy atom. The smallest absolute Gasteiger partial charge is 0.119 e. The summed E-state index contributed by atoms with van der Waals surface area (Å²) in [6.45, 7) is 0.598. The van der Waals surface area contributed by atoms with Gasteiger partial charge in [0, 0.05) is 6.04 Å². The van der Waals surface area contributed by atoms with Crippen molar-refractivity contribution in [3.05, 3.63) is 64.1 Å². The van der Waals surface area contributed by atoms with Gasteiger partial charge in [-0.05, 0) is 43.3 Å². The monoisotopic (exact) mass is 309 g/mol. The molecule has 0 spiro atoms.